The highest BCUT2D eigenvalue weighted by atomic mass is 79.9. The predicted molar refractivity (Wildman–Crippen MR) is 77.7 cm³/mol. The number of nitrogens with two attached hydrogens (primary N) is 1. The monoisotopic (exact) mass is 327 g/mol. The smallest absolute Gasteiger partial charge is 0.224 e. The van der Waals surface area contributed by atoms with Crippen LogP contribution in [0.5, 0.6) is 0 Å². The molecule has 19 heavy (non-hydrogen) atoms. The van der Waals surface area contributed by atoms with Crippen LogP contribution in [0.4, 0.5) is 11.8 Å². The zero-order chi connectivity index (χ0) is 13.7. The van der Waals surface area contributed by atoms with E-state index in [-0.39, 0.29) is 11.9 Å². The highest BCUT2D eigenvalue weighted by molar-refractivity contribution is 9.10. The number of nitrogens with zero attached hydrogens (tertiary/aromatic N) is 3. The third kappa shape index (κ3) is 4.05. The number of nitrogens with one attached hydrogen (secondary N) is 1. The minimum absolute atomic E-state index is 0.199. The molecule has 1 aliphatic heterocycles. The number of aromatic nitrogens is 2. The number of amides is 1. The van der Waals surface area contributed by atoms with Gasteiger partial charge in [0.1, 0.15) is 5.82 Å². The van der Waals surface area contributed by atoms with Gasteiger partial charge in [-0.25, -0.2) is 4.98 Å². The largest absolute Gasteiger partial charge is 0.368 e. The van der Waals surface area contributed by atoms with Gasteiger partial charge in [0, 0.05) is 32.3 Å². The number of halogens is 1. The Morgan fingerprint density at radius 2 is 2.16 bits per heavy atom. The first-order chi connectivity index (χ1) is 9.16. The molecular formula is C12H18BrN5O. The summed E-state index contributed by atoms with van der Waals surface area (Å²) in [5, 5.41) is 3.10. The second kappa shape index (κ2) is 6.70. The van der Waals surface area contributed by atoms with Crippen LogP contribution in [0.1, 0.15) is 25.7 Å². The van der Waals surface area contributed by atoms with Crippen molar-refractivity contribution in [3.8, 4) is 0 Å². The number of nitrogen functional groups attached to an aromatic ring is 1. The molecule has 2 heterocycles. The van der Waals surface area contributed by atoms with E-state index in [0.717, 1.165) is 30.4 Å². The fourth-order valence-corrected chi connectivity index (χ4v) is 2.43. The second-order valence-corrected chi connectivity index (χ2v) is 5.40. The third-order valence-corrected chi connectivity index (χ3v) is 3.68. The molecule has 0 atom stereocenters. The van der Waals surface area contributed by atoms with Gasteiger partial charge in [-0.05, 0) is 35.2 Å². The highest BCUT2D eigenvalue weighted by Gasteiger charge is 2.15. The predicted octanol–water partition coefficient (Wildman–Crippen LogP) is 1.64. The lowest BCUT2D eigenvalue weighted by Crippen LogP contribution is -2.36. The SMILES string of the molecule is Nc1ncc(Br)c(NCCC(=O)N2CCCCC2)n1. The highest BCUT2D eigenvalue weighted by Crippen LogP contribution is 2.19. The zero-order valence-electron chi connectivity index (χ0n) is 10.7. The van der Waals surface area contributed by atoms with Crippen LogP contribution in [0.2, 0.25) is 0 Å². The Hall–Kier alpha value is -1.37. The lowest BCUT2D eigenvalue weighted by molar-refractivity contribution is -0.131. The molecule has 0 saturated carbocycles. The molecule has 1 aromatic heterocycles. The molecule has 1 aromatic rings. The zero-order valence-corrected chi connectivity index (χ0v) is 12.3. The fourth-order valence-electron chi connectivity index (χ4n) is 2.09. The molecule has 7 heteroatoms. The van der Waals surface area contributed by atoms with Gasteiger partial charge in [0.15, 0.2) is 0 Å². The van der Waals surface area contributed by atoms with Gasteiger partial charge in [0.25, 0.3) is 0 Å². The molecule has 0 aliphatic carbocycles. The van der Waals surface area contributed by atoms with Crippen LogP contribution >= 0.6 is 15.9 Å². The maximum Gasteiger partial charge on any atom is 0.224 e. The van der Waals surface area contributed by atoms with Gasteiger partial charge in [-0.15, -0.1) is 0 Å². The van der Waals surface area contributed by atoms with Gasteiger partial charge in [0.05, 0.1) is 4.47 Å². The summed E-state index contributed by atoms with van der Waals surface area (Å²) in [5.41, 5.74) is 5.52. The third-order valence-electron chi connectivity index (χ3n) is 3.10. The molecule has 1 amide bonds. The van der Waals surface area contributed by atoms with Crippen molar-refractivity contribution in [2.24, 2.45) is 0 Å². The van der Waals surface area contributed by atoms with Crippen molar-refractivity contribution < 1.29 is 4.79 Å². The van der Waals surface area contributed by atoms with Gasteiger partial charge in [-0.1, -0.05) is 0 Å². The maximum atomic E-state index is 12.0. The van der Waals surface area contributed by atoms with E-state index in [9.17, 15) is 4.79 Å². The van der Waals surface area contributed by atoms with Crippen molar-refractivity contribution in [2.75, 3.05) is 30.7 Å². The van der Waals surface area contributed by atoms with Gasteiger partial charge in [0.2, 0.25) is 11.9 Å². The van der Waals surface area contributed by atoms with Crippen LogP contribution in [0.3, 0.4) is 0 Å². The molecule has 0 bridgehead atoms. The number of piperidine rings is 1. The molecule has 3 N–H and O–H groups in total. The number of carbonyl (C=O) groups excluding carboxylic acids is 1. The van der Waals surface area contributed by atoms with E-state index in [1.165, 1.54) is 6.42 Å². The van der Waals surface area contributed by atoms with Crippen molar-refractivity contribution in [3.05, 3.63) is 10.7 Å². The molecule has 104 valence electrons. The Labute approximate surface area is 120 Å². The first-order valence-electron chi connectivity index (χ1n) is 6.46. The molecule has 1 saturated heterocycles. The number of hydrogen-bond acceptors (Lipinski definition) is 5. The Balaban J connectivity index is 1.79. The number of anilines is 2. The Bertz CT molecular complexity index is 448. The minimum Gasteiger partial charge on any atom is -0.368 e. The van der Waals surface area contributed by atoms with Crippen LogP contribution in [0.15, 0.2) is 10.7 Å². The van der Waals surface area contributed by atoms with E-state index in [1.54, 1.807) is 6.20 Å². The minimum atomic E-state index is 0.199. The van der Waals surface area contributed by atoms with Gasteiger partial charge >= 0.3 is 0 Å². The lowest BCUT2D eigenvalue weighted by atomic mass is 10.1. The van der Waals surface area contributed by atoms with Crippen molar-refractivity contribution >= 4 is 33.6 Å². The van der Waals surface area contributed by atoms with Gasteiger partial charge in [-0.2, -0.15) is 4.98 Å². The van der Waals surface area contributed by atoms with Crippen molar-refractivity contribution in [2.45, 2.75) is 25.7 Å². The summed E-state index contributed by atoms with van der Waals surface area (Å²) in [6, 6.07) is 0. The maximum absolute atomic E-state index is 12.0. The lowest BCUT2D eigenvalue weighted by Gasteiger charge is -2.26. The summed E-state index contributed by atoms with van der Waals surface area (Å²) in [6.07, 6.45) is 5.53. The van der Waals surface area contributed by atoms with Crippen LogP contribution in [-0.4, -0.2) is 40.4 Å². The van der Waals surface area contributed by atoms with Crippen LogP contribution in [0.25, 0.3) is 0 Å². The fraction of sp³-hybridized carbons (Fsp3) is 0.583. The summed E-state index contributed by atoms with van der Waals surface area (Å²) in [6.45, 7) is 2.33. The van der Waals surface area contributed by atoms with Crippen LogP contribution < -0.4 is 11.1 Å². The summed E-state index contributed by atoms with van der Waals surface area (Å²) >= 11 is 3.34. The number of hydrogen-bond donors (Lipinski definition) is 2. The Morgan fingerprint density at radius 1 is 1.42 bits per heavy atom. The molecular weight excluding hydrogens is 310 g/mol. The Kier molecular flexibility index (Phi) is 4.95. The molecule has 0 unspecified atom stereocenters. The van der Waals surface area contributed by atoms with E-state index in [1.807, 2.05) is 4.90 Å². The van der Waals surface area contributed by atoms with E-state index >= 15 is 0 Å². The number of carbonyl (C=O) groups is 1. The molecule has 1 aliphatic rings. The van der Waals surface area contributed by atoms with Crippen LogP contribution in [0, 0.1) is 0 Å². The quantitative estimate of drug-likeness (QED) is 0.878. The standard InChI is InChI=1S/C12H18BrN5O/c13-9-8-16-12(14)17-11(9)15-5-4-10(19)18-6-2-1-3-7-18/h8H,1-7H2,(H3,14,15,16,17). The topological polar surface area (TPSA) is 84.1 Å². The van der Waals surface area contributed by atoms with Crippen molar-refractivity contribution in [1.82, 2.24) is 14.9 Å². The van der Waals surface area contributed by atoms with Crippen LogP contribution in [-0.2, 0) is 4.79 Å². The molecule has 0 aromatic carbocycles. The number of rotatable bonds is 4. The molecule has 0 radical (unpaired) electrons. The van der Waals surface area contributed by atoms with Crippen molar-refractivity contribution in [1.29, 1.82) is 0 Å². The van der Waals surface area contributed by atoms with Gasteiger partial charge < -0.3 is 16.0 Å². The first kappa shape index (κ1) is 14.0. The van der Waals surface area contributed by atoms with E-state index in [2.05, 4.69) is 31.2 Å². The van der Waals surface area contributed by atoms with E-state index in [0.29, 0.717) is 18.8 Å². The summed E-state index contributed by atoms with van der Waals surface area (Å²) in [5.74, 6) is 1.04. The summed E-state index contributed by atoms with van der Waals surface area (Å²) in [7, 11) is 0. The number of likely N-dealkylation sites (tertiary alicyclic amines) is 1. The molecule has 6 nitrogen and oxygen atoms in total. The van der Waals surface area contributed by atoms with Crippen molar-refractivity contribution in [3.63, 3.8) is 0 Å². The average Bonchev–Trinajstić information content (AvgIpc) is 2.43. The summed E-state index contributed by atoms with van der Waals surface area (Å²) in [4.78, 5) is 21.8. The Morgan fingerprint density at radius 3 is 2.89 bits per heavy atom. The van der Waals surface area contributed by atoms with Gasteiger partial charge in [-0.3, -0.25) is 4.79 Å². The average molecular weight is 328 g/mol. The molecule has 0 spiro atoms. The summed E-state index contributed by atoms with van der Waals surface area (Å²) < 4.78 is 0.743. The molecule has 1 fully saturated rings. The first-order valence-corrected chi connectivity index (χ1v) is 7.26. The molecule has 2 rings (SSSR count). The van der Waals surface area contributed by atoms with E-state index < -0.39 is 0 Å². The normalized spacial score (nSPS) is 15.3. The second-order valence-electron chi connectivity index (χ2n) is 4.54. The van der Waals surface area contributed by atoms with E-state index in [4.69, 9.17) is 5.73 Å².